The topological polar surface area (TPSA) is 133 Å². The first-order valence-corrected chi connectivity index (χ1v) is 15.2. The molecule has 41 heavy (non-hydrogen) atoms. The van der Waals surface area contributed by atoms with Crippen molar-refractivity contribution in [3.8, 4) is 5.75 Å². The Bertz CT molecular complexity index is 1140. The number of methoxy groups -OCH3 is 1. The molecule has 2 atom stereocenters. The van der Waals surface area contributed by atoms with Crippen LogP contribution in [0.5, 0.6) is 5.75 Å². The van der Waals surface area contributed by atoms with Gasteiger partial charge in [-0.05, 0) is 42.2 Å². The molecule has 0 saturated carbocycles. The van der Waals surface area contributed by atoms with Crippen molar-refractivity contribution in [3.63, 3.8) is 0 Å². The first-order valence-electron chi connectivity index (χ1n) is 13.8. The van der Waals surface area contributed by atoms with Crippen LogP contribution in [0.15, 0.2) is 59.5 Å². The molecule has 3 rings (SSSR count). The second-order valence-corrected chi connectivity index (χ2v) is 12.1. The van der Waals surface area contributed by atoms with Crippen LogP contribution in [0.4, 0.5) is 4.79 Å². The molecule has 1 aliphatic rings. The largest absolute Gasteiger partial charge is 0.497 e. The molecule has 12 heteroatoms. The van der Waals surface area contributed by atoms with Crippen LogP contribution in [0.25, 0.3) is 0 Å². The molecular formula is C29H42N2O9S. The summed E-state index contributed by atoms with van der Waals surface area (Å²) >= 11 is 0. The van der Waals surface area contributed by atoms with E-state index in [0.29, 0.717) is 32.2 Å². The van der Waals surface area contributed by atoms with Crippen molar-refractivity contribution >= 4 is 16.1 Å². The number of aliphatic hydroxyl groups excluding tert-OH is 1. The van der Waals surface area contributed by atoms with Crippen LogP contribution >= 0.6 is 0 Å². The average molecular weight is 595 g/mol. The van der Waals surface area contributed by atoms with Crippen LogP contribution in [-0.4, -0.2) is 102 Å². The van der Waals surface area contributed by atoms with Crippen LogP contribution in [0.1, 0.15) is 19.4 Å². The number of nitrogens with zero attached hydrogens (tertiary/aromatic N) is 1. The molecule has 1 heterocycles. The Kier molecular flexibility index (Phi) is 13.3. The van der Waals surface area contributed by atoms with E-state index in [0.717, 1.165) is 5.56 Å². The highest BCUT2D eigenvalue weighted by Crippen LogP contribution is 2.22. The zero-order chi connectivity index (χ0) is 29.7. The predicted octanol–water partition coefficient (Wildman–Crippen LogP) is 2.47. The standard InChI is InChI=1S/C29H42N2O9S/c1-22(2)18-31(41(34,35)26-11-9-24(36-3)10-12-26)19-28(32)27(17-23-7-5-4-6-8-23)30-29(33)40-25-20-38-15-13-37-14-16-39-21-25/h4-12,22,25,27-28,32H,13-21H2,1-3H3,(H,30,33)/t27-,28+/m1/s1. The average Bonchev–Trinajstić information content (AvgIpc) is 2.96. The number of nitrogens with one attached hydrogen (secondary N) is 1. The van der Waals surface area contributed by atoms with E-state index in [2.05, 4.69) is 5.32 Å². The Labute approximate surface area is 242 Å². The Balaban J connectivity index is 1.77. The molecule has 1 aliphatic heterocycles. The van der Waals surface area contributed by atoms with E-state index < -0.39 is 34.4 Å². The molecule has 0 aromatic heterocycles. The number of hydrogen-bond donors (Lipinski definition) is 2. The summed E-state index contributed by atoms with van der Waals surface area (Å²) in [5.74, 6) is 0.517. The van der Waals surface area contributed by atoms with Crippen molar-refractivity contribution in [1.29, 1.82) is 0 Å². The number of carbonyl (C=O) groups excluding carboxylic acids is 1. The van der Waals surface area contributed by atoms with Crippen molar-refractivity contribution in [1.82, 2.24) is 9.62 Å². The molecular weight excluding hydrogens is 552 g/mol. The molecule has 0 spiro atoms. The molecule has 1 fully saturated rings. The van der Waals surface area contributed by atoms with Crippen molar-refractivity contribution < 1.29 is 42.0 Å². The number of ether oxygens (including phenoxy) is 5. The minimum atomic E-state index is -3.96. The molecule has 11 nitrogen and oxygen atoms in total. The summed E-state index contributed by atoms with van der Waals surface area (Å²) in [6, 6.07) is 14.6. The number of amides is 1. The molecule has 2 N–H and O–H groups in total. The molecule has 0 aliphatic carbocycles. The fourth-order valence-corrected chi connectivity index (χ4v) is 5.90. The lowest BCUT2D eigenvalue weighted by atomic mass is 10.0. The molecule has 2 aromatic carbocycles. The van der Waals surface area contributed by atoms with Gasteiger partial charge in [-0.15, -0.1) is 0 Å². The third kappa shape index (κ3) is 10.9. The summed E-state index contributed by atoms with van der Waals surface area (Å²) in [4.78, 5) is 13.1. The zero-order valence-corrected chi connectivity index (χ0v) is 24.8. The van der Waals surface area contributed by atoms with Gasteiger partial charge in [0.25, 0.3) is 0 Å². The number of sulfonamides is 1. The van der Waals surface area contributed by atoms with Gasteiger partial charge in [-0.25, -0.2) is 13.2 Å². The Hall–Kier alpha value is -2.74. The van der Waals surface area contributed by atoms with Crippen LogP contribution < -0.4 is 10.1 Å². The van der Waals surface area contributed by atoms with E-state index in [4.69, 9.17) is 23.7 Å². The van der Waals surface area contributed by atoms with Gasteiger partial charge < -0.3 is 34.1 Å². The predicted molar refractivity (Wildman–Crippen MR) is 152 cm³/mol. The van der Waals surface area contributed by atoms with E-state index in [-0.39, 0.29) is 43.5 Å². The SMILES string of the molecule is COc1ccc(S(=O)(=O)N(CC(C)C)C[C@H](O)[C@@H](Cc2ccccc2)NC(=O)OC2COCCOCCOC2)cc1. The maximum absolute atomic E-state index is 13.6. The quantitative estimate of drug-likeness (QED) is 0.380. The summed E-state index contributed by atoms with van der Waals surface area (Å²) in [6.45, 7) is 5.56. The zero-order valence-electron chi connectivity index (χ0n) is 23.9. The second-order valence-electron chi connectivity index (χ2n) is 10.2. The van der Waals surface area contributed by atoms with Gasteiger partial charge in [0.05, 0.1) is 63.8 Å². The van der Waals surface area contributed by atoms with Gasteiger partial charge in [0.15, 0.2) is 6.10 Å². The summed E-state index contributed by atoms with van der Waals surface area (Å²) in [7, 11) is -2.45. The monoisotopic (exact) mass is 594 g/mol. The lowest BCUT2D eigenvalue weighted by molar-refractivity contribution is -0.0674. The van der Waals surface area contributed by atoms with Crippen LogP contribution in [0.2, 0.25) is 0 Å². The van der Waals surface area contributed by atoms with E-state index in [1.165, 1.54) is 23.5 Å². The van der Waals surface area contributed by atoms with Crippen molar-refractivity contribution in [2.45, 2.75) is 43.4 Å². The van der Waals surface area contributed by atoms with Gasteiger partial charge in [-0.3, -0.25) is 0 Å². The van der Waals surface area contributed by atoms with Gasteiger partial charge in [-0.2, -0.15) is 4.31 Å². The van der Waals surface area contributed by atoms with Gasteiger partial charge in [0.1, 0.15) is 5.75 Å². The van der Waals surface area contributed by atoms with Crippen molar-refractivity contribution in [2.24, 2.45) is 5.92 Å². The van der Waals surface area contributed by atoms with Crippen LogP contribution in [-0.2, 0) is 35.4 Å². The molecule has 0 unspecified atom stereocenters. The van der Waals surface area contributed by atoms with Crippen LogP contribution in [0.3, 0.4) is 0 Å². The maximum Gasteiger partial charge on any atom is 0.407 e. The highest BCUT2D eigenvalue weighted by molar-refractivity contribution is 7.89. The lowest BCUT2D eigenvalue weighted by Gasteiger charge is -2.31. The highest BCUT2D eigenvalue weighted by Gasteiger charge is 2.32. The smallest absolute Gasteiger partial charge is 0.407 e. The Morgan fingerprint density at radius 1 is 0.976 bits per heavy atom. The Morgan fingerprint density at radius 2 is 1.59 bits per heavy atom. The van der Waals surface area contributed by atoms with E-state index >= 15 is 0 Å². The normalized spacial score (nSPS) is 17.1. The molecule has 1 amide bonds. The summed E-state index contributed by atoms with van der Waals surface area (Å²) < 4.78 is 55.6. The number of aliphatic hydroxyl groups is 1. The van der Waals surface area contributed by atoms with Gasteiger partial charge >= 0.3 is 6.09 Å². The van der Waals surface area contributed by atoms with E-state index in [1.54, 1.807) is 12.1 Å². The minimum Gasteiger partial charge on any atom is -0.497 e. The fourth-order valence-electron chi connectivity index (χ4n) is 4.28. The van der Waals surface area contributed by atoms with E-state index in [1.807, 2.05) is 44.2 Å². The van der Waals surface area contributed by atoms with Gasteiger partial charge in [0, 0.05) is 13.1 Å². The third-order valence-electron chi connectivity index (χ3n) is 6.35. The van der Waals surface area contributed by atoms with Gasteiger partial charge in [-0.1, -0.05) is 44.2 Å². The van der Waals surface area contributed by atoms with Crippen LogP contribution in [0, 0.1) is 5.92 Å². The summed E-state index contributed by atoms with van der Waals surface area (Å²) in [5, 5.41) is 14.1. The molecule has 1 saturated heterocycles. The van der Waals surface area contributed by atoms with Crippen molar-refractivity contribution in [3.05, 3.63) is 60.2 Å². The number of hydrogen-bond acceptors (Lipinski definition) is 9. The number of alkyl carbamates (subject to hydrolysis) is 1. The molecule has 2 aromatic rings. The fraction of sp³-hybridized carbons (Fsp3) is 0.552. The summed E-state index contributed by atoms with van der Waals surface area (Å²) in [5.41, 5.74) is 0.857. The number of rotatable bonds is 12. The second kappa shape index (κ2) is 16.6. The Morgan fingerprint density at radius 3 is 2.17 bits per heavy atom. The first kappa shape index (κ1) is 32.8. The molecule has 0 bridgehead atoms. The summed E-state index contributed by atoms with van der Waals surface area (Å²) in [6.07, 6.45) is -2.41. The van der Waals surface area contributed by atoms with Crippen molar-refractivity contribution in [2.75, 3.05) is 59.8 Å². The van der Waals surface area contributed by atoms with E-state index in [9.17, 15) is 18.3 Å². The number of benzene rings is 2. The molecule has 0 radical (unpaired) electrons. The van der Waals surface area contributed by atoms with Gasteiger partial charge in [0.2, 0.25) is 10.0 Å². The third-order valence-corrected chi connectivity index (χ3v) is 8.19. The number of carbonyl (C=O) groups is 1. The highest BCUT2D eigenvalue weighted by atomic mass is 32.2. The molecule has 228 valence electrons. The maximum atomic E-state index is 13.6. The minimum absolute atomic E-state index is 0.0151. The first-order chi connectivity index (χ1) is 19.7. The lowest BCUT2D eigenvalue weighted by Crippen LogP contribution is -2.51.